The Morgan fingerprint density at radius 3 is 2.38 bits per heavy atom. The fraction of sp³-hybridized carbons (Fsp3) is 0.588. The zero-order valence-electron chi connectivity index (χ0n) is 13.8. The molecule has 1 amide bonds. The fourth-order valence-corrected chi connectivity index (χ4v) is 2.02. The van der Waals surface area contributed by atoms with E-state index < -0.39 is 0 Å². The fourth-order valence-electron chi connectivity index (χ4n) is 2.02. The average Bonchev–Trinajstić information content (AvgIpc) is 2.37. The lowest BCUT2D eigenvalue weighted by Crippen LogP contribution is -2.41. The van der Waals surface area contributed by atoms with Crippen LogP contribution in [0.3, 0.4) is 0 Å². The summed E-state index contributed by atoms with van der Waals surface area (Å²) in [5.41, 5.74) is 1.02. The van der Waals surface area contributed by atoms with Crippen molar-refractivity contribution >= 4 is 5.91 Å². The maximum absolute atomic E-state index is 11.7. The number of nitrogens with one attached hydrogen (secondary N) is 2. The van der Waals surface area contributed by atoms with Gasteiger partial charge in [0.25, 0.3) is 0 Å². The molecular weight excluding hydrogens is 264 g/mol. The highest BCUT2D eigenvalue weighted by molar-refractivity contribution is 5.76. The lowest BCUT2D eigenvalue weighted by Gasteiger charge is -2.21. The maximum atomic E-state index is 11.7. The van der Waals surface area contributed by atoms with E-state index >= 15 is 0 Å². The number of hydrogen-bond acceptors (Lipinski definition) is 3. The Bertz CT molecular complexity index is 435. The van der Waals surface area contributed by atoms with E-state index in [-0.39, 0.29) is 17.5 Å². The van der Waals surface area contributed by atoms with Gasteiger partial charge in [-0.2, -0.15) is 0 Å². The first-order valence-electron chi connectivity index (χ1n) is 7.59. The summed E-state index contributed by atoms with van der Waals surface area (Å²) >= 11 is 0. The lowest BCUT2D eigenvalue weighted by atomic mass is 10.1. The van der Waals surface area contributed by atoms with Crippen LogP contribution in [0.25, 0.3) is 0 Å². The van der Waals surface area contributed by atoms with Crippen molar-refractivity contribution in [1.82, 2.24) is 10.6 Å². The van der Waals surface area contributed by atoms with Gasteiger partial charge in [-0.25, -0.2) is 0 Å². The highest BCUT2D eigenvalue weighted by Gasteiger charge is 2.13. The molecular formula is C17H28N2O2. The van der Waals surface area contributed by atoms with Crippen LogP contribution < -0.4 is 15.4 Å². The Morgan fingerprint density at radius 1 is 1.24 bits per heavy atom. The zero-order valence-corrected chi connectivity index (χ0v) is 13.8. The molecule has 0 saturated carbocycles. The predicted molar refractivity (Wildman–Crippen MR) is 86.5 cm³/mol. The third kappa shape index (κ3) is 7.14. The van der Waals surface area contributed by atoms with Gasteiger partial charge in [-0.05, 0) is 52.3 Å². The van der Waals surface area contributed by atoms with Gasteiger partial charge in [-0.1, -0.05) is 12.1 Å². The summed E-state index contributed by atoms with van der Waals surface area (Å²) < 4.78 is 5.43. The average molecular weight is 292 g/mol. The third-order valence-corrected chi connectivity index (χ3v) is 3.01. The minimum absolute atomic E-state index is 0.0777. The highest BCUT2D eigenvalue weighted by Crippen LogP contribution is 2.17. The normalized spacial score (nSPS) is 12.8. The van der Waals surface area contributed by atoms with E-state index in [2.05, 4.69) is 29.7 Å². The largest absolute Gasteiger partial charge is 0.494 e. The van der Waals surface area contributed by atoms with Crippen molar-refractivity contribution in [2.24, 2.45) is 0 Å². The molecule has 21 heavy (non-hydrogen) atoms. The van der Waals surface area contributed by atoms with Gasteiger partial charge in [-0.15, -0.1) is 0 Å². The number of ether oxygens (including phenoxy) is 1. The van der Waals surface area contributed by atoms with Crippen LogP contribution >= 0.6 is 0 Å². The van der Waals surface area contributed by atoms with Crippen LogP contribution in [-0.4, -0.2) is 24.6 Å². The summed E-state index contributed by atoms with van der Waals surface area (Å²) in [5, 5.41) is 6.32. The molecule has 0 aromatic heterocycles. The molecule has 2 N–H and O–H groups in total. The summed E-state index contributed by atoms with van der Waals surface area (Å²) in [6, 6.07) is 8.27. The van der Waals surface area contributed by atoms with Crippen LogP contribution in [0, 0.1) is 0 Å². The van der Waals surface area contributed by atoms with Crippen molar-refractivity contribution in [2.75, 3.05) is 13.2 Å². The Balaban J connectivity index is 2.36. The summed E-state index contributed by atoms with van der Waals surface area (Å²) in [5.74, 6) is 0.965. The molecule has 1 unspecified atom stereocenters. The summed E-state index contributed by atoms with van der Waals surface area (Å²) in [4.78, 5) is 11.7. The molecule has 1 aromatic rings. The molecule has 0 bridgehead atoms. The van der Waals surface area contributed by atoms with E-state index in [4.69, 9.17) is 4.74 Å². The molecule has 4 heteroatoms. The molecule has 0 aliphatic rings. The third-order valence-electron chi connectivity index (χ3n) is 3.01. The molecule has 0 aliphatic carbocycles. The van der Waals surface area contributed by atoms with Crippen molar-refractivity contribution in [2.45, 2.75) is 52.6 Å². The molecule has 0 saturated heterocycles. The summed E-state index contributed by atoms with van der Waals surface area (Å²) in [6.07, 6.45) is 0.485. The monoisotopic (exact) mass is 292 g/mol. The van der Waals surface area contributed by atoms with E-state index in [0.717, 1.165) is 5.75 Å². The van der Waals surface area contributed by atoms with E-state index in [1.807, 2.05) is 39.8 Å². The summed E-state index contributed by atoms with van der Waals surface area (Å²) in [7, 11) is 0. The standard InChI is InChI=1S/C17H28N2O2/c1-6-21-15-9-7-14(8-10-15)13(2)18-12-11-16(20)19-17(3,4)5/h7-10,13,18H,6,11-12H2,1-5H3,(H,19,20). The second kappa shape index (κ2) is 8.03. The van der Waals surface area contributed by atoms with Crippen LogP contribution in [0.15, 0.2) is 24.3 Å². The topological polar surface area (TPSA) is 50.4 Å². The van der Waals surface area contributed by atoms with Gasteiger partial charge in [0.1, 0.15) is 5.75 Å². The molecule has 0 fully saturated rings. The predicted octanol–water partition coefficient (Wildman–Crippen LogP) is 3.04. The van der Waals surface area contributed by atoms with Crippen molar-refractivity contribution < 1.29 is 9.53 Å². The van der Waals surface area contributed by atoms with Gasteiger partial charge < -0.3 is 15.4 Å². The van der Waals surface area contributed by atoms with Crippen LogP contribution in [-0.2, 0) is 4.79 Å². The Kier molecular flexibility index (Phi) is 6.69. The highest BCUT2D eigenvalue weighted by atomic mass is 16.5. The van der Waals surface area contributed by atoms with Crippen LogP contribution in [0.2, 0.25) is 0 Å². The molecule has 4 nitrogen and oxygen atoms in total. The lowest BCUT2D eigenvalue weighted by molar-refractivity contribution is -0.122. The number of carbonyl (C=O) groups excluding carboxylic acids is 1. The van der Waals surface area contributed by atoms with E-state index in [1.165, 1.54) is 5.56 Å². The minimum atomic E-state index is -0.169. The molecule has 1 rings (SSSR count). The van der Waals surface area contributed by atoms with Crippen molar-refractivity contribution in [3.8, 4) is 5.75 Å². The van der Waals surface area contributed by atoms with E-state index in [9.17, 15) is 4.79 Å². The smallest absolute Gasteiger partial charge is 0.221 e. The van der Waals surface area contributed by atoms with Crippen LogP contribution in [0.1, 0.15) is 52.6 Å². The van der Waals surface area contributed by atoms with Crippen molar-refractivity contribution in [3.05, 3.63) is 29.8 Å². The molecule has 118 valence electrons. The van der Waals surface area contributed by atoms with Crippen LogP contribution in [0.4, 0.5) is 0 Å². The molecule has 0 radical (unpaired) electrons. The second-order valence-corrected chi connectivity index (χ2v) is 6.23. The Labute approximate surface area is 128 Å². The maximum Gasteiger partial charge on any atom is 0.221 e. The first-order valence-corrected chi connectivity index (χ1v) is 7.59. The van der Waals surface area contributed by atoms with E-state index in [0.29, 0.717) is 19.6 Å². The van der Waals surface area contributed by atoms with Crippen molar-refractivity contribution in [3.63, 3.8) is 0 Å². The van der Waals surface area contributed by atoms with Crippen molar-refractivity contribution in [1.29, 1.82) is 0 Å². The van der Waals surface area contributed by atoms with Gasteiger partial charge in [0.2, 0.25) is 5.91 Å². The molecule has 0 spiro atoms. The second-order valence-electron chi connectivity index (χ2n) is 6.23. The molecule has 1 atom stereocenters. The molecule has 1 aromatic carbocycles. The number of rotatable bonds is 7. The zero-order chi connectivity index (χ0) is 15.9. The van der Waals surface area contributed by atoms with Gasteiger partial charge in [0.05, 0.1) is 6.61 Å². The minimum Gasteiger partial charge on any atom is -0.494 e. The Hall–Kier alpha value is -1.55. The number of hydrogen-bond donors (Lipinski definition) is 2. The SMILES string of the molecule is CCOc1ccc(C(C)NCCC(=O)NC(C)(C)C)cc1. The van der Waals surface area contributed by atoms with Gasteiger partial charge in [0.15, 0.2) is 0 Å². The quantitative estimate of drug-likeness (QED) is 0.812. The summed E-state index contributed by atoms with van der Waals surface area (Å²) in [6.45, 7) is 11.4. The Morgan fingerprint density at radius 2 is 1.86 bits per heavy atom. The van der Waals surface area contributed by atoms with E-state index in [1.54, 1.807) is 0 Å². The number of benzene rings is 1. The first-order chi connectivity index (χ1) is 9.81. The van der Waals surface area contributed by atoms with Crippen LogP contribution in [0.5, 0.6) is 5.75 Å². The number of amides is 1. The first kappa shape index (κ1) is 17.5. The van der Waals surface area contributed by atoms with Gasteiger partial charge >= 0.3 is 0 Å². The number of carbonyl (C=O) groups is 1. The molecule has 0 aliphatic heterocycles. The molecule has 0 heterocycles. The van der Waals surface area contributed by atoms with Gasteiger partial charge in [0, 0.05) is 24.5 Å². The van der Waals surface area contributed by atoms with Gasteiger partial charge in [-0.3, -0.25) is 4.79 Å².